The first-order chi connectivity index (χ1) is 15.1. The van der Waals surface area contributed by atoms with E-state index < -0.39 is 17.9 Å². The summed E-state index contributed by atoms with van der Waals surface area (Å²) in [5, 5.41) is 13.5. The van der Waals surface area contributed by atoms with Crippen molar-refractivity contribution in [3.8, 4) is 0 Å². The van der Waals surface area contributed by atoms with Gasteiger partial charge in [0.15, 0.2) is 0 Å². The average molecular weight is 414 g/mol. The summed E-state index contributed by atoms with van der Waals surface area (Å²) < 4.78 is 0. The van der Waals surface area contributed by atoms with Gasteiger partial charge in [0, 0.05) is 12.4 Å². The molecule has 4 rings (SSSR count). The second-order valence-electron chi connectivity index (χ2n) is 7.28. The zero-order valence-corrected chi connectivity index (χ0v) is 16.8. The van der Waals surface area contributed by atoms with E-state index in [1.807, 2.05) is 42.5 Å². The Balaban J connectivity index is 1.60. The number of benzene rings is 1. The molecule has 7 nitrogen and oxygen atoms in total. The normalized spacial score (nSPS) is 15.6. The van der Waals surface area contributed by atoms with Gasteiger partial charge >= 0.3 is 0 Å². The van der Waals surface area contributed by atoms with Crippen LogP contribution in [0, 0.1) is 0 Å². The van der Waals surface area contributed by atoms with Gasteiger partial charge < -0.3 is 15.3 Å². The summed E-state index contributed by atoms with van der Waals surface area (Å²) in [4.78, 5) is 36.0. The van der Waals surface area contributed by atoms with Gasteiger partial charge in [0.2, 0.25) is 0 Å². The smallest absolute Gasteiger partial charge is 0.263 e. The van der Waals surface area contributed by atoms with Crippen molar-refractivity contribution >= 4 is 11.8 Å². The minimum absolute atomic E-state index is 0.184. The third-order valence-electron chi connectivity index (χ3n) is 5.06. The van der Waals surface area contributed by atoms with E-state index in [1.165, 1.54) is 4.90 Å². The first kappa shape index (κ1) is 20.3. The number of nitrogens with zero attached hydrogens (tertiary/aromatic N) is 3. The maximum Gasteiger partial charge on any atom is 0.263 e. The molecule has 0 fully saturated rings. The molecule has 2 N–H and O–H groups in total. The molecule has 2 aromatic heterocycles. The van der Waals surface area contributed by atoms with Crippen molar-refractivity contribution in [2.75, 3.05) is 0 Å². The van der Waals surface area contributed by atoms with E-state index in [0.717, 1.165) is 5.56 Å². The van der Waals surface area contributed by atoms with Gasteiger partial charge in [-0.2, -0.15) is 0 Å². The number of hydrogen-bond acceptors (Lipinski definition) is 5. The van der Waals surface area contributed by atoms with Crippen LogP contribution < -0.4 is 5.32 Å². The first-order valence-electron chi connectivity index (χ1n) is 9.99. The maximum atomic E-state index is 13.4. The SMILES string of the molecule is O=C1NC(Cc2ccccc2)C(O)=C1C(=O)N(Cc1ccccn1)Cc1ccccn1. The summed E-state index contributed by atoms with van der Waals surface area (Å²) in [6, 6.07) is 19.7. The number of carbonyl (C=O) groups excluding carboxylic acids is 2. The van der Waals surface area contributed by atoms with Crippen molar-refractivity contribution in [1.29, 1.82) is 0 Å². The minimum atomic E-state index is -0.639. The molecule has 7 heteroatoms. The Labute approximate surface area is 180 Å². The Kier molecular flexibility index (Phi) is 6.03. The number of aliphatic hydroxyl groups is 1. The van der Waals surface area contributed by atoms with E-state index in [1.54, 1.807) is 36.7 Å². The average Bonchev–Trinajstić information content (AvgIpc) is 3.07. The molecule has 0 saturated carbocycles. The lowest BCUT2D eigenvalue weighted by molar-refractivity contribution is -0.131. The van der Waals surface area contributed by atoms with Crippen molar-refractivity contribution < 1.29 is 14.7 Å². The molecule has 1 atom stereocenters. The van der Waals surface area contributed by atoms with Gasteiger partial charge in [0.05, 0.1) is 30.5 Å². The Hall–Kier alpha value is -4.00. The third kappa shape index (κ3) is 4.78. The molecule has 1 aliphatic rings. The highest BCUT2D eigenvalue weighted by Crippen LogP contribution is 2.22. The number of hydrogen-bond donors (Lipinski definition) is 2. The molecule has 1 unspecified atom stereocenters. The van der Waals surface area contributed by atoms with Crippen molar-refractivity contribution in [3.05, 3.63) is 107 Å². The van der Waals surface area contributed by atoms with Crippen LogP contribution in [-0.2, 0) is 29.1 Å². The molecule has 0 bridgehead atoms. The Morgan fingerprint density at radius 1 is 0.903 bits per heavy atom. The number of carbonyl (C=O) groups is 2. The fourth-order valence-electron chi connectivity index (χ4n) is 3.53. The molecule has 0 radical (unpaired) electrons. The molecule has 3 aromatic rings. The van der Waals surface area contributed by atoms with Crippen LogP contribution in [-0.4, -0.2) is 37.8 Å². The van der Waals surface area contributed by atoms with Crippen molar-refractivity contribution in [2.45, 2.75) is 25.6 Å². The molecule has 0 aliphatic carbocycles. The lowest BCUT2D eigenvalue weighted by Gasteiger charge is -2.22. The summed E-state index contributed by atoms with van der Waals surface area (Å²) in [6.07, 6.45) is 3.69. The lowest BCUT2D eigenvalue weighted by Crippen LogP contribution is -2.36. The molecule has 1 aliphatic heterocycles. The van der Waals surface area contributed by atoms with Crippen LogP contribution in [0.2, 0.25) is 0 Å². The molecule has 1 aromatic carbocycles. The van der Waals surface area contributed by atoms with Gasteiger partial charge in [-0.05, 0) is 36.2 Å². The van der Waals surface area contributed by atoms with Crippen molar-refractivity contribution in [1.82, 2.24) is 20.2 Å². The maximum absolute atomic E-state index is 13.4. The molecule has 156 valence electrons. The van der Waals surface area contributed by atoms with Gasteiger partial charge in [0.25, 0.3) is 11.8 Å². The molecule has 3 heterocycles. The molecule has 31 heavy (non-hydrogen) atoms. The van der Waals surface area contributed by atoms with Crippen molar-refractivity contribution in [2.24, 2.45) is 0 Å². The zero-order valence-electron chi connectivity index (χ0n) is 16.8. The number of aliphatic hydroxyl groups excluding tert-OH is 1. The van der Waals surface area contributed by atoms with Gasteiger partial charge in [-0.3, -0.25) is 19.6 Å². The quantitative estimate of drug-likeness (QED) is 0.580. The summed E-state index contributed by atoms with van der Waals surface area (Å²) in [6.45, 7) is 0.368. The van der Waals surface area contributed by atoms with Crippen LogP contribution in [0.1, 0.15) is 17.0 Å². The van der Waals surface area contributed by atoms with Gasteiger partial charge in [0.1, 0.15) is 11.3 Å². The summed E-state index contributed by atoms with van der Waals surface area (Å²) in [7, 11) is 0. The highest BCUT2D eigenvalue weighted by Gasteiger charge is 2.38. The second-order valence-corrected chi connectivity index (χ2v) is 7.28. The summed E-state index contributed by atoms with van der Waals surface area (Å²) >= 11 is 0. The van der Waals surface area contributed by atoms with E-state index >= 15 is 0 Å². The fourth-order valence-corrected chi connectivity index (χ4v) is 3.53. The van der Waals surface area contributed by atoms with Crippen LogP contribution in [0.5, 0.6) is 0 Å². The monoisotopic (exact) mass is 414 g/mol. The minimum Gasteiger partial charge on any atom is -0.509 e. The topological polar surface area (TPSA) is 95.4 Å². The van der Waals surface area contributed by atoms with Crippen LogP contribution in [0.15, 0.2) is 90.5 Å². The fraction of sp³-hybridized carbons (Fsp3) is 0.167. The number of pyridine rings is 2. The Bertz CT molecular complexity index is 1040. The summed E-state index contributed by atoms with van der Waals surface area (Å²) in [5.74, 6) is -1.36. The molecule has 2 amide bonds. The van der Waals surface area contributed by atoms with E-state index in [0.29, 0.717) is 17.8 Å². The van der Waals surface area contributed by atoms with E-state index in [2.05, 4.69) is 15.3 Å². The van der Waals surface area contributed by atoms with Gasteiger partial charge in [-0.15, -0.1) is 0 Å². The number of aromatic nitrogens is 2. The molecular weight excluding hydrogens is 392 g/mol. The third-order valence-corrected chi connectivity index (χ3v) is 5.06. The van der Waals surface area contributed by atoms with Gasteiger partial charge in [-0.25, -0.2) is 0 Å². The predicted molar refractivity (Wildman–Crippen MR) is 114 cm³/mol. The number of amides is 2. The predicted octanol–water partition coefficient (Wildman–Crippen LogP) is 2.56. The Morgan fingerprint density at radius 3 is 2.03 bits per heavy atom. The zero-order chi connectivity index (χ0) is 21.6. The highest BCUT2D eigenvalue weighted by molar-refractivity contribution is 6.20. The van der Waals surface area contributed by atoms with Crippen molar-refractivity contribution in [3.63, 3.8) is 0 Å². The molecular formula is C24H22N4O3. The number of rotatable bonds is 7. The second kappa shape index (κ2) is 9.21. The van der Waals surface area contributed by atoms with Crippen LogP contribution in [0.3, 0.4) is 0 Å². The van der Waals surface area contributed by atoms with E-state index in [4.69, 9.17) is 0 Å². The van der Waals surface area contributed by atoms with Crippen LogP contribution in [0.4, 0.5) is 0 Å². The Morgan fingerprint density at radius 2 is 1.48 bits per heavy atom. The van der Waals surface area contributed by atoms with Crippen LogP contribution in [0.25, 0.3) is 0 Å². The van der Waals surface area contributed by atoms with Gasteiger partial charge in [-0.1, -0.05) is 42.5 Å². The van der Waals surface area contributed by atoms with Crippen LogP contribution >= 0.6 is 0 Å². The van der Waals surface area contributed by atoms with E-state index in [-0.39, 0.29) is 24.4 Å². The number of nitrogens with one attached hydrogen (secondary N) is 1. The van der Waals surface area contributed by atoms with E-state index in [9.17, 15) is 14.7 Å². The standard InChI is InChI=1S/C24H22N4O3/c29-22-20(14-17-8-2-1-3-9-17)27-23(30)21(22)24(31)28(15-18-10-4-6-12-25-18)16-19-11-5-7-13-26-19/h1-13,20,29H,14-16H2,(H,27,30). The highest BCUT2D eigenvalue weighted by atomic mass is 16.3. The summed E-state index contributed by atoms with van der Waals surface area (Å²) in [5.41, 5.74) is 2.07. The lowest BCUT2D eigenvalue weighted by atomic mass is 10.0. The molecule has 0 spiro atoms. The first-order valence-corrected chi connectivity index (χ1v) is 9.99. The molecule has 0 saturated heterocycles. The largest absolute Gasteiger partial charge is 0.509 e.